The highest BCUT2D eigenvalue weighted by Crippen LogP contribution is 2.20. The van der Waals surface area contributed by atoms with Gasteiger partial charge in [0.15, 0.2) is 5.82 Å². The Morgan fingerprint density at radius 2 is 2.04 bits per heavy atom. The van der Waals surface area contributed by atoms with E-state index in [0.717, 1.165) is 16.7 Å². The molecule has 0 aliphatic carbocycles. The Morgan fingerprint density at radius 3 is 2.77 bits per heavy atom. The molecule has 0 spiro atoms. The van der Waals surface area contributed by atoms with E-state index in [2.05, 4.69) is 10.1 Å². The number of hydrogen-bond acceptors (Lipinski definition) is 5. The molecule has 0 saturated carbocycles. The maximum atomic E-state index is 11.3. The molecule has 26 heavy (non-hydrogen) atoms. The summed E-state index contributed by atoms with van der Waals surface area (Å²) >= 11 is 5.99. The van der Waals surface area contributed by atoms with Gasteiger partial charge in [-0.15, -0.1) is 0 Å². The Labute approximate surface area is 156 Å². The van der Waals surface area contributed by atoms with E-state index < -0.39 is 0 Å². The van der Waals surface area contributed by atoms with Gasteiger partial charge in [0.2, 0.25) is 0 Å². The molecule has 6 heteroatoms. The van der Waals surface area contributed by atoms with Gasteiger partial charge in [-0.05, 0) is 48.4 Å². The van der Waals surface area contributed by atoms with E-state index in [1.54, 1.807) is 13.0 Å². The number of carbonyl (C=O) groups excluding carboxylic acids is 1. The van der Waals surface area contributed by atoms with E-state index in [1.807, 2.05) is 48.5 Å². The molecular weight excluding hydrogens is 352 g/mol. The molecule has 3 rings (SSSR count). The third-order valence-electron chi connectivity index (χ3n) is 3.58. The lowest BCUT2D eigenvalue weighted by atomic mass is 10.1. The molecule has 3 aromatic rings. The van der Waals surface area contributed by atoms with Crippen LogP contribution in [0.4, 0.5) is 0 Å². The number of ether oxygens (including phenoxy) is 1. The first-order valence-corrected chi connectivity index (χ1v) is 8.54. The van der Waals surface area contributed by atoms with Crippen molar-refractivity contribution in [3.8, 4) is 11.5 Å². The highest BCUT2D eigenvalue weighted by molar-refractivity contribution is 6.30. The van der Waals surface area contributed by atoms with Gasteiger partial charge in [0.05, 0.1) is 6.61 Å². The van der Waals surface area contributed by atoms with E-state index >= 15 is 0 Å². The van der Waals surface area contributed by atoms with Crippen LogP contribution in [0.3, 0.4) is 0 Å². The molecule has 0 fully saturated rings. The van der Waals surface area contributed by atoms with Gasteiger partial charge in [0.25, 0.3) is 5.89 Å². The fraction of sp³-hybridized carbons (Fsp3) is 0.150. The molecular formula is C20H17ClN2O3. The Hall–Kier alpha value is -2.92. The Balaban J connectivity index is 1.68. The van der Waals surface area contributed by atoms with Crippen LogP contribution in [0.1, 0.15) is 23.9 Å². The zero-order valence-corrected chi connectivity index (χ0v) is 14.9. The lowest BCUT2D eigenvalue weighted by Crippen LogP contribution is -1.98. The quantitative estimate of drug-likeness (QED) is 0.471. The minimum atomic E-state index is -0.362. The monoisotopic (exact) mass is 368 g/mol. The minimum Gasteiger partial charge on any atom is -0.463 e. The zero-order chi connectivity index (χ0) is 18.4. The molecule has 0 unspecified atom stereocenters. The summed E-state index contributed by atoms with van der Waals surface area (Å²) < 4.78 is 10.2. The molecule has 5 nitrogen and oxygen atoms in total. The van der Waals surface area contributed by atoms with Crippen molar-refractivity contribution >= 4 is 23.6 Å². The van der Waals surface area contributed by atoms with Crippen molar-refractivity contribution in [2.45, 2.75) is 13.3 Å². The first-order valence-electron chi connectivity index (χ1n) is 8.16. The summed E-state index contributed by atoms with van der Waals surface area (Å²) in [5.74, 6) is 0.677. The predicted molar refractivity (Wildman–Crippen MR) is 99.7 cm³/mol. The summed E-state index contributed by atoms with van der Waals surface area (Å²) in [5, 5.41) is 4.69. The summed E-state index contributed by atoms with van der Waals surface area (Å²) in [4.78, 5) is 15.7. The van der Waals surface area contributed by atoms with Gasteiger partial charge in [0, 0.05) is 23.1 Å². The minimum absolute atomic E-state index is 0.358. The SMILES string of the molecule is CCOC(=O)/C=C/c1ccc(-c2nc(Cc3cccc(Cl)c3)no2)cc1. The van der Waals surface area contributed by atoms with E-state index in [4.69, 9.17) is 20.9 Å². The Morgan fingerprint density at radius 1 is 1.23 bits per heavy atom. The van der Waals surface area contributed by atoms with Crippen LogP contribution < -0.4 is 0 Å². The average molecular weight is 369 g/mol. The number of aromatic nitrogens is 2. The molecule has 0 aliphatic heterocycles. The van der Waals surface area contributed by atoms with Crippen molar-refractivity contribution in [1.29, 1.82) is 0 Å². The Bertz CT molecular complexity index is 917. The zero-order valence-electron chi connectivity index (χ0n) is 14.2. The van der Waals surface area contributed by atoms with Crippen LogP contribution in [0, 0.1) is 0 Å². The number of carbonyl (C=O) groups is 1. The highest BCUT2D eigenvalue weighted by atomic mass is 35.5. The molecule has 0 atom stereocenters. The van der Waals surface area contributed by atoms with Gasteiger partial charge in [-0.3, -0.25) is 0 Å². The third-order valence-corrected chi connectivity index (χ3v) is 3.81. The second-order valence-electron chi connectivity index (χ2n) is 5.53. The van der Waals surface area contributed by atoms with E-state index in [0.29, 0.717) is 29.8 Å². The number of benzene rings is 2. The summed E-state index contributed by atoms with van der Waals surface area (Å²) in [5.41, 5.74) is 2.70. The molecule has 0 aliphatic rings. The third kappa shape index (κ3) is 4.80. The normalized spacial score (nSPS) is 11.0. The molecule has 0 bridgehead atoms. The number of esters is 1. The summed E-state index contributed by atoms with van der Waals surface area (Å²) in [6, 6.07) is 15.0. The molecule has 132 valence electrons. The topological polar surface area (TPSA) is 65.2 Å². The summed E-state index contributed by atoms with van der Waals surface area (Å²) in [6.45, 7) is 2.13. The number of nitrogens with zero attached hydrogens (tertiary/aromatic N) is 2. The number of rotatable bonds is 6. The summed E-state index contributed by atoms with van der Waals surface area (Å²) in [7, 11) is 0. The van der Waals surface area contributed by atoms with Crippen LogP contribution >= 0.6 is 11.6 Å². The predicted octanol–water partition coefficient (Wildman–Crippen LogP) is 4.56. The molecule has 0 amide bonds. The first-order chi connectivity index (χ1) is 12.6. The molecule has 1 heterocycles. The van der Waals surface area contributed by atoms with Crippen molar-refractivity contribution in [1.82, 2.24) is 10.1 Å². The van der Waals surface area contributed by atoms with Crippen molar-refractivity contribution < 1.29 is 14.1 Å². The van der Waals surface area contributed by atoms with Gasteiger partial charge in [-0.2, -0.15) is 4.98 Å². The molecule has 0 radical (unpaired) electrons. The lowest BCUT2D eigenvalue weighted by Gasteiger charge is -1.98. The van der Waals surface area contributed by atoms with Gasteiger partial charge < -0.3 is 9.26 Å². The van der Waals surface area contributed by atoms with Crippen LogP contribution in [-0.2, 0) is 16.0 Å². The van der Waals surface area contributed by atoms with E-state index in [1.165, 1.54) is 6.08 Å². The van der Waals surface area contributed by atoms with E-state index in [9.17, 15) is 4.79 Å². The average Bonchev–Trinajstić information content (AvgIpc) is 3.09. The molecule has 0 saturated heterocycles. The standard InChI is InChI=1S/C20H17ClN2O3/c1-2-25-19(24)11-8-14-6-9-16(10-7-14)20-22-18(23-26-20)13-15-4-3-5-17(21)12-15/h3-12H,2,13H2,1H3/b11-8+. The van der Waals surface area contributed by atoms with E-state index in [-0.39, 0.29) is 5.97 Å². The van der Waals surface area contributed by atoms with Crippen molar-refractivity contribution in [3.05, 3.63) is 76.6 Å². The van der Waals surface area contributed by atoms with Crippen LogP contribution in [0.5, 0.6) is 0 Å². The van der Waals surface area contributed by atoms with Crippen molar-refractivity contribution in [3.63, 3.8) is 0 Å². The summed E-state index contributed by atoms with van der Waals surface area (Å²) in [6.07, 6.45) is 3.64. The maximum Gasteiger partial charge on any atom is 0.330 e. The van der Waals surface area contributed by atoms with Crippen LogP contribution in [0.15, 0.2) is 59.1 Å². The largest absolute Gasteiger partial charge is 0.463 e. The second-order valence-corrected chi connectivity index (χ2v) is 5.97. The first kappa shape index (κ1) is 17.9. The molecule has 1 aromatic heterocycles. The highest BCUT2D eigenvalue weighted by Gasteiger charge is 2.09. The van der Waals surface area contributed by atoms with Gasteiger partial charge in [-0.25, -0.2) is 4.79 Å². The van der Waals surface area contributed by atoms with Crippen molar-refractivity contribution in [2.75, 3.05) is 6.61 Å². The number of halogens is 1. The van der Waals surface area contributed by atoms with Gasteiger partial charge >= 0.3 is 5.97 Å². The van der Waals surface area contributed by atoms with Crippen molar-refractivity contribution in [2.24, 2.45) is 0 Å². The smallest absolute Gasteiger partial charge is 0.330 e. The Kier molecular flexibility index (Phi) is 5.81. The fourth-order valence-corrected chi connectivity index (χ4v) is 2.58. The molecule has 2 aromatic carbocycles. The number of hydrogen-bond donors (Lipinski definition) is 0. The van der Waals surface area contributed by atoms with Crippen LogP contribution in [0.25, 0.3) is 17.5 Å². The molecule has 0 N–H and O–H groups in total. The fourth-order valence-electron chi connectivity index (χ4n) is 2.36. The van der Waals surface area contributed by atoms with Gasteiger partial charge in [0.1, 0.15) is 0 Å². The maximum absolute atomic E-state index is 11.3. The van der Waals surface area contributed by atoms with Crippen LogP contribution in [0.2, 0.25) is 5.02 Å². The van der Waals surface area contributed by atoms with Crippen LogP contribution in [-0.4, -0.2) is 22.7 Å². The second kappa shape index (κ2) is 8.45. The van der Waals surface area contributed by atoms with Gasteiger partial charge in [-0.1, -0.05) is 41.0 Å². The lowest BCUT2D eigenvalue weighted by molar-refractivity contribution is -0.137.